The number of nitrogens with zero attached hydrogens (tertiary/aromatic N) is 3. The topological polar surface area (TPSA) is 73.0 Å². The molecule has 124 valence electrons. The fraction of sp³-hybridized carbons (Fsp3) is 0.278. The molecule has 0 aliphatic rings. The highest BCUT2D eigenvalue weighted by Crippen LogP contribution is 2.17. The van der Waals surface area contributed by atoms with Crippen LogP contribution in [0, 0.1) is 20.8 Å². The zero-order valence-electron chi connectivity index (χ0n) is 14.3. The molecule has 0 saturated heterocycles. The maximum Gasteiger partial charge on any atom is 0.253 e. The van der Waals surface area contributed by atoms with Gasteiger partial charge >= 0.3 is 0 Å². The molecule has 6 heteroatoms. The van der Waals surface area contributed by atoms with Crippen molar-refractivity contribution in [3.8, 4) is 11.4 Å². The van der Waals surface area contributed by atoms with Crippen LogP contribution in [0.15, 0.2) is 34.9 Å². The summed E-state index contributed by atoms with van der Waals surface area (Å²) >= 11 is 0. The summed E-state index contributed by atoms with van der Waals surface area (Å²) < 4.78 is 6.99. The summed E-state index contributed by atoms with van der Waals surface area (Å²) in [5.41, 5.74) is 4.65. The van der Waals surface area contributed by atoms with Crippen LogP contribution in [0.4, 0.5) is 0 Å². The van der Waals surface area contributed by atoms with Crippen LogP contribution < -0.4 is 5.32 Å². The van der Waals surface area contributed by atoms with E-state index in [1.54, 1.807) is 6.92 Å². The molecule has 0 radical (unpaired) electrons. The van der Waals surface area contributed by atoms with Crippen molar-refractivity contribution in [3.63, 3.8) is 0 Å². The van der Waals surface area contributed by atoms with Crippen molar-refractivity contribution < 1.29 is 9.32 Å². The van der Waals surface area contributed by atoms with E-state index in [0.29, 0.717) is 23.8 Å². The molecular weight excluding hydrogens is 304 g/mol. The fourth-order valence-corrected chi connectivity index (χ4v) is 2.55. The minimum absolute atomic E-state index is 0.0610. The van der Waals surface area contributed by atoms with Crippen molar-refractivity contribution >= 4 is 5.91 Å². The lowest BCUT2D eigenvalue weighted by molar-refractivity contribution is 0.0950. The lowest BCUT2D eigenvalue weighted by Crippen LogP contribution is -2.23. The van der Waals surface area contributed by atoms with Crippen molar-refractivity contribution in [1.29, 1.82) is 0 Å². The van der Waals surface area contributed by atoms with Crippen LogP contribution in [0.2, 0.25) is 0 Å². The van der Waals surface area contributed by atoms with Gasteiger partial charge in [-0.15, -0.1) is 0 Å². The van der Waals surface area contributed by atoms with Crippen LogP contribution in [-0.4, -0.2) is 20.6 Å². The molecule has 3 aromatic rings. The zero-order chi connectivity index (χ0) is 17.3. The number of carbonyl (C=O) groups is 1. The number of hydrogen-bond acceptors (Lipinski definition) is 4. The number of nitrogens with one attached hydrogen (secondary N) is 1. The van der Waals surface area contributed by atoms with E-state index in [-0.39, 0.29) is 5.91 Å². The third kappa shape index (κ3) is 3.08. The number of benzene rings is 1. The van der Waals surface area contributed by atoms with Gasteiger partial charge in [0.25, 0.3) is 5.91 Å². The van der Waals surface area contributed by atoms with Gasteiger partial charge in [-0.25, -0.2) is 0 Å². The SMILES string of the molecule is Cc1nc(-c2ccc(CNC(=O)c3cc(C)n(C)c3C)cc2)no1. The first-order chi connectivity index (χ1) is 11.5. The van der Waals surface area contributed by atoms with Gasteiger partial charge in [0, 0.05) is 37.5 Å². The van der Waals surface area contributed by atoms with Gasteiger partial charge < -0.3 is 14.4 Å². The quantitative estimate of drug-likeness (QED) is 0.801. The summed E-state index contributed by atoms with van der Waals surface area (Å²) in [4.78, 5) is 16.5. The summed E-state index contributed by atoms with van der Waals surface area (Å²) in [5, 5.41) is 6.85. The largest absolute Gasteiger partial charge is 0.351 e. The summed E-state index contributed by atoms with van der Waals surface area (Å²) in [5.74, 6) is 1.04. The first-order valence-corrected chi connectivity index (χ1v) is 7.76. The molecule has 6 nitrogen and oxygen atoms in total. The molecule has 0 bridgehead atoms. The van der Waals surface area contributed by atoms with E-state index >= 15 is 0 Å². The normalized spacial score (nSPS) is 10.8. The van der Waals surface area contributed by atoms with E-state index < -0.39 is 0 Å². The van der Waals surface area contributed by atoms with Crippen molar-refractivity contribution in [2.24, 2.45) is 7.05 Å². The monoisotopic (exact) mass is 324 g/mol. The smallest absolute Gasteiger partial charge is 0.253 e. The molecular formula is C18H20N4O2. The lowest BCUT2D eigenvalue weighted by atomic mass is 10.1. The summed E-state index contributed by atoms with van der Waals surface area (Å²) in [6, 6.07) is 9.65. The van der Waals surface area contributed by atoms with Gasteiger partial charge in [-0.3, -0.25) is 4.79 Å². The van der Waals surface area contributed by atoms with Crippen LogP contribution in [0.1, 0.15) is 33.2 Å². The van der Waals surface area contributed by atoms with Crippen molar-refractivity contribution in [1.82, 2.24) is 20.0 Å². The van der Waals surface area contributed by atoms with E-state index in [9.17, 15) is 4.79 Å². The van der Waals surface area contributed by atoms with Crippen molar-refractivity contribution in [2.45, 2.75) is 27.3 Å². The van der Waals surface area contributed by atoms with E-state index in [4.69, 9.17) is 4.52 Å². The molecule has 24 heavy (non-hydrogen) atoms. The second kappa shape index (κ2) is 6.31. The Morgan fingerprint density at radius 1 is 1.21 bits per heavy atom. The molecule has 0 fully saturated rings. The predicted molar refractivity (Wildman–Crippen MR) is 90.5 cm³/mol. The first-order valence-electron chi connectivity index (χ1n) is 7.76. The third-order valence-corrected chi connectivity index (χ3v) is 4.21. The molecule has 1 N–H and O–H groups in total. The minimum atomic E-state index is -0.0610. The van der Waals surface area contributed by atoms with E-state index in [0.717, 1.165) is 22.5 Å². The zero-order valence-corrected chi connectivity index (χ0v) is 14.3. The molecule has 0 aliphatic carbocycles. The van der Waals surface area contributed by atoms with Crippen LogP contribution in [0.5, 0.6) is 0 Å². The Morgan fingerprint density at radius 2 is 1.92 bits per heavy atom. The Morgan fingerprint density at radius 3 is 2.46 bits per heavy atom. The number of hydrogen-bond donors (Lipinski definition) is 1. The van der Waals surface area contributed by atoms with Gasteiger partial charge in [0.15, 0.2) is 0 Å². The van der Waals surface area contributed by atoms with Gasteiger partial charge in [-0.1, -0.05) is 29.4 Å². The molecule has 2 heterocycles. The number of aromatic nitrogens is 3. The molecule has 0 atom stereocenters. The predicted octanol–water partition coefficient (Wildman–Crippen LogP) is 2.93. The number of amides is 1. The second-order valence-corrected chi connectivity index (χ2v) is 5.86. The molecule has 2 aromatic heterocycles. The minimum Gasteiger partial charge on any atom is -0.351 e. The van der Waals surface area contributed by atoms with Crippen LogP contribution in [0.25, 0.3) is 11.4 Å². The Balaban J connectivity index is 1.66. The number of carbonyl (C=O) groups excluding carboxylic acids is 1. The fourth-order valence-electron chi connectivity index (χ4n) is 2.55. The van der Waals surface area contributed by atoms with Crippen LogP contribution in [-0.2, 0) is 13.6 Å². The second-order valence-electron chi connectivity index (χ2n) is 5.86. The lowest BCUT2D eigenvalue weighted by Gasteiger charge is -2.06. The Labute approximate surface area is 140 Å². The van der Waals surface area contributed by atoms with E-state index in [1.165, 1.54) is 0 Å². The van der Waals surface area contributed by atoms with E-state index in [2.05, 4.69) is 15.5 Å². The maximum atomic E-state index is 12.3. The Hall–Kier alpha value is -2.89. The molecule has 1 amide bonds. The van der Waals surface area contributed by atoms with Gasteiger partial charge in [-0.2, -0.15) is 4.98 Å². The van der Waals surface area contributed by atoms with Crippen LogP contribution in [0.3, 0.4) is 0 Å². The van der Waals surface area contributed by atoms with Crippen molar-refractivity contribution in [2.75, 3.05) is 0 Å². The molecule has 0 saturated carbocycles. The first kappa shape index (κ1) is 16.0. The standard InChI is InChI=1S/C18H20N4O2/c1-11-9-16(12(2)22(11)4)18(23)19-10-14-5-7-15(8-6-14)17-20-13(3)24-21-17/h5-9H,10H2,1-4H3,(H,19,23). The van der Waals surface area contributed by atoms with Gasteiger partial charge in [0.1, 0.15) is 0 Å². The Kier molecular flexibility index (Phi) is 4.20. The molecule has 0 unspecified atom stereocenters. The number of rotatable bonds is 4. The molecule has 0 spiro atoms. The Bertz CT molecular complexity index is 875. The van der Waals surface area contributed by atoms with Gasteiger partial charge in [0.05, 0.1) is 5.56 Å². The average Bonchev–Trinajstić information content (AvgIpc) is 3.12. The summed E-state index contributed by atoms with van der Waals surface area (Å²) in [6.07, 6.45) is 0. The highest BCUT2D eigenvalue weighted by Gasteiger charge is 2.13. The average molecular weight is 324 g/mol. The number of aryl methyl sites for hydroxylation is 2. The highest BCUT2D eigenvalue weighted by molar-refractivity contribution is 5.95. The third-order valence-electron chi connectivity index (χ3n) is 4.21. The van der Waals surface area contributed by atoms with Gasteiger partial charge in [0.2, 0.25) is 11.7 Å². The highest BCUT2D eigenvalue weighted by atomic mass is 16.5. The van der Waals surface area contributed by atoms with Crippen LogP contribution >= 0.6 is 0 Å². The summed E-state index contributed by atoms with van der Waals surface area (Å²) in [6.45, 7) is 6.16. The van der Waals surface area contributed by atoms with E-state index in [1.807, 2.05) is 55.8 Å². The summed E-state index contributed by atoms with van der Waals surface area (Å²) in [7, 11) is 1.96. The maximum absolute atomic E-state index is 12.3. The molecule has 3 rings (SSSR count). The van der Waals surface area contributed by atoms with Gasteiger partial charge in [-0.05, 0) is 25.5 Å². The van der Waals surface area contributed by atoms with Crippen molar-refractivity contribution in [3.05, 3.63) is 58.7 Å². The molecule has 0 aliphatic heterocycles. The molecule has 1 aromatic carbocycles.